The van der Waals surface area contributed by atoms with E-state index in [9.17, 15) is 18.0 Å². The minimum Gasteiger partial charge on any atom is -0.346 e. The lowest BCUT2D eigenvalue weighted by Crippen LogP contribution is -2.23. The molecule has 0 saturated carbocycles. The van der Waals surface area contributed by atoms with Gasteiger partial charge in [-0.2, -0.15) is 13.2 Å². The van der Waals surface area contributed by atoms with Gasteiger partial charge in [-0.3, -0.25) is 9.78 Å². The van der Waals surface area contributed by atoms with Gasteiger partial charge in [-0.05, 0) is 48.5 Å². The number of fused-ring (bicyclic) bond motifs is 1. The molecule has 3 aromatic heterocycles. The largest absolute Gasteiger partial charge is 0.346 e. The Hall–Kier alpha value is -3.46. The van der Waals surface area contributed by atoms with Crippen LogP contribution < -0.4 is 5.32 Å². The van der Waals surface area contributed by atoms with E-state index in [0.717, 1.165) is 5.39 Å². The number of carbonyl (C=O) groups is 1. The fourth-order valence-corrected chi connectivity index (χ4v) is 3.49. The lowest BCUT2D eigenvalue weighted by Gasteiger charge is -2.08. The van der Waals surface area contributed by atoms with Crippen molar-refractivity contribution in [3.8, 4) is 11.4 Å². The molecule has 1 N–H and O–H groups in total. The highest BCUT2D eigenvalue weighted by Crippen LogP contribution is 2.25. The summed E-state index contributed by atoms with van der Waals surface area (Å²) in [7, 11) is 0. The lowest BCUT2D eigenvalue weighted by molar-refractivity contribution is 0.0950. The van der Waals surface area contributed by atoms with Crippen molar-refractivity contribution in [2.24, 2.45) is 0 Å². The van der Waals surface area contributed by atoms with E-state index in [2.05, 4.69) is 20.3 Å². The molecular weight excluding hydrogens is 425 g/mol. The Labute approximate surface area is 179 Å². The van der Waals surface area contributed by atoms with Crippen LogP contribution >= 0.6 is 11.8 Å². The molecule has 9 heteroatoms. The Kier molecular flexibility index (Phi) is 6.13. The molecule has 0 radical (unpaired) electrons. The Bertz CT molecular complexity index is 1250. The lowest BCUT2D eigenvalue weighted by atomic mass is 10.2. The second-order valence-corrected chi connectivity index (χ2v) is 7.56. The summed E-state index contributed by atoms with van der Waals surface area (Å²) in [5.74, 6) is -3.54. The van der Waals surface area contributed by atoms with E-state index in [4.69, 9.17) is 0 Å². The molecule has 1 aromatic carbocycles. The van der Waals surface area contributed by atoms with Crippen LogP contribution in [0.25, 0.3) is 22.3 Å². The van der Waals surface area contributed by atoms with Gasteiger partial charge in [-0.15, -0.1) is 0 Å². The van der Waals surface area contributed by atoms with Gasteiger partial charge in [0.2, 0.25) is 5.95 Å². The molecule has 1 amide bonds. The molecule has 31 heavy (non-hydrogen) atoms. The van der Waals surface area contributed by atoms with Crippen molar-refractivity contribution in [2.75, 3.05) is 0 Å². The van der Waals surface area contributed by atoms with Crippen molar-refractivity contribution < 1.29 is 18.0 Å². The zero-order valence-electron chi connectivity index (χ0n) is 15.9. The van der Waals surface area contributed by atoms with Crippen LogP contribution in [0.3, 0.4) is 0 Å². The van der Waals surface area contributed by atoms with Crippen LogP contribution in [0.2, 0.25) is 0 Å². The second kappa shape index (κ2) is 9.13. The zero-order chi connectivity index (χ0) is 21.8. The van der Waals surface area contributed by atoms with Crippen molar-refractivity contribution in [2.45, 2.75) is 17.2 Å². The number of thioether (sulfide) groups is 1. The van der Waals surface area contributed by atoms with Gasteiger partial charge in [0.15, 0.2) is 0 Å². The van der Waals surface area contributed by atoms with Gasteiger partial charge in [0.05, 0.1) is 29.1 Å². The quantitative estimate of drug-likeness (QED) is 0.335. The molecule has 0 bridgehead atoms. The predicted molar refractivity (Wildman–Crippen MR) is 112 cm³/mol. The number of nitrogens with zero attached hydrogens (tertiary/aromatic N) is 3. The highest BCUT2D eigenvalue weighted by atomic mass is 32.2. The number of nitrogens with one attached hydrogen (secondary N) is 1. The minimum absolute atomic E-state index is 0.130. The zero-order valence-corrected chi connectivity index (χ0v) is 16.7. The molecule has 0 fully saturated rings. The van der Waals surface area contributed by atoms with Crippen LogP contribution in [0.15, 0.2) is 71.8 Å². The number of pyridine rings is 3. The van der Waals surface area contributed by atoms with E-state index in [-0.39, 0.29) is 12.1 Å². The first-order chi connectivity index (χ1) is 15.0. The third-order valence-electron chi connectivity index (χ3n) is 4.36. The van der Waals surface area contributed by atoms with Crippen LogP contribution in [0.1, 0.15) is 16.1 Å². The average molecular weight is 440 g/mol. The molecule has 0 aliphatic rings. The van der Waals surface area contributed by atoms with Crippen molar-refractivity contribution >= 4 is 28.6 Å². The van der Waals surface area contributed by atoms with Gasteiger partial charge in [-0.25, -0.2) is 9.97 Å². The maximum Gasteiger partial charge on any atom is 0.288 e. The first-order valence-electron chi connectivity index (χ1n) is 9.19. The summed E-state index contributed by atoms with van der Waals surface area (Å²) in [6.45, 7) is 0.130. The number of carbonyl (C=O) groups excluding carboxylic acids is 1. The molecule has 0 atom stereocenters. The highest BCUT2D eigenvalue weighted by Gasteiger charge is 2.11. The van der Waals surface area contributed by atoms with E-state index in [1.807, 2.05) is 6.07 Å². The molecule has 0 saturated heterocycles. The molecule has 0 unspecified atom stereocenters. The molecule has 156 valence electrons. The molecule has 4 aromatic rings. The molecule has 0 aliphatic heterocycles. The SMILES string of the molecule is O=C(NCc1cc2nc(-c3cccc(F)n3)ccc2cn1)c1cccc(SC(F)F)c1. The van der Waals surface area contributed by atoms with Gasteiger partial charge in [0.25, 0.3) is 11.7 Å². The van der Waals surface area contributed by atoms with Crippen molar-refractivity contribution in [1.82, 2.24) is 20.3 Å². The van der Waals surface area contributed by atoms with Gasteiger partial charge < -0.3 is 5.32 Å². The molecule has 0 spiro atoms. The van der Waals surface area contributed by atoms with Crippen LogP contribution in [0, 0.1) is 5.95 Å². The normalized spacial score (nSPS) is 11.1. The monoisotopic (exact) mass is 440 g/mol. The van der Waals surface area contributed by atoms with E-state index in [1.54, 1.807) is 42.6 Å². The third kappa shape index (κ3) is 5.18. The smallest absolute Gasteiger partial charge is 0.288 e. The summed E-state index contributed by atoms with van der Waals surface area (Å²) in [5.41, 5.74) is 2.40. The summed E-state index contributed by atoms with van der Waals surface area (Å²) < 4.78 is 38.5. The number of alkyl halides is 2. The number of rotatable bonds is 6. The van der Waals surface area contributed by atoms with E-state index < -0.39 is 17.6 Å². The summed E-state index contributed by atoms with van der Waals surface area (Å²) >= 11 is 0.384. The number of benzene rings is 1. The Morgan fingerprint density at radius 1 is 1.00 bits per heavy atom. The number of hydrogen-bond acceptors (Lipinski definition) is 5. The van der Waals surface area contributed by atoms with Gasteiger partial charge >= 0.3 is 0 Å². The number of aromatic nitrogens is 3. The van der Waals surface area contributed by atoms with Gasteiger partial charge in [0.1, 0.15) is 0 Å². The van der Waals surface area contributed by atoms with E-state index >= 15 is 0 Å². The maximum atomic E-state index is 13.4. The second-order valence-electron chi connectivity index (χ2n) is 6.50. The van der Waals surface area contributed by atoms with Crippen molar-refractivity contribution in [1.29, 1.82) is 0 Å². The highest BCUT2D eigenvalue weighted by molar-refractivity contribution is 7.99. The number of amides is 1. The van der Waals surface area contributed by atoms with Crippen molar-refractivity contribution in [3.63, 3.8) is 0 Å². The van der Waals surface area contributed by atoms with Crippen LogP contribution in [-0.4, -0.2) is 26.6 Å². The van der Waals surface area contributed by atoms with Crippen LogP contribution in [-0.2, 0) is 6.54 Å². The van der Waals surface area contributed by atoms with E-state index in [0.29, 0.717) is 39.3 Å². The summed E-state index contributed by atoms with van der Waals surface area (Å²) in [4.78, 5) is 25.4. The Morgan fingerprint density at radius 2 is 1.81 bits per heavy atom. The summed E-state index contributed by atoms with van der Waals surface area (Å²) in [5, 5.41) is 3.51. The molecule has 5 nitrogen and oxygen atoms in total. The van der Waals surface area contributed by atoms with E-state index in [1.165, 1.54) is 18.2 Å². The fourth-order valence-electron chi connectivity index (χ4n) is 2.93. The van der Waals surface area contributed by atoms with Gasteiger partial charge in [-0.1, -0.05) is 23.9 Å². The minimum atomic E-state index is -2.56. The average Bonchev–Trinajstić information content (AvgIpc) is 2.76. The first kappa shape index (κ1) is 20.8. The van der Waals surface area contributed by atoms with Gasteiger partial charge in [0, 0.05) is 22.0 Å². The molecule has 3 heterocycles. The molecule has 4 rings (SSSR count). The topological polar surface area (TPSA) is 67.8 Å². The summed E-state index contributed by atoms with van der Waals surface area (Å²) in [6, 6.07) is 15.8. The van der Waals surface area contributed by atoms with Crippen molar-refractivity contribution in [3.05, 3.63) is 84.1 Å². The maximum absolute atomic E-state index is 13.4. The predicted octanol–water partition coefficient (Wildman–Crippen LogP) is 5.08. The number of hydrogen-bond donors (Lipinski definition) is 1. The Balaban J connectivity index is 1.50. The third-order valence-corrected chi connectivity index (χ3v) is 5.06. The number of halogens is 3. The first-order valence-corrected chi connectivity index (χ1v) is 10.1. The molecular formula is C22H15F3N4OS. The fraction of sp³-hybridized carbons (Fsp3) is 0.0909. The molecule has 0 aliphatic carbocycles. The summed E-state index contributed by atoms with van der Waals surface area (Å²) in [6.07, 6.45) is 1.63. The van der Waals surface area contributed by atoms with Crippen LogP contribution in [0.5, 0.6) is 0 Å². The Morgan fingerprint density at radius 3 is 2.61 bits per heavy atom. The standard InChI is InChI=1S/C22H15F3N4OS/c23-20-6-2-5-17(29-20)18-8-7-14-11-26-15(10-19(14)28-18)12-27-21(30)13-3-1-4-16(9-13)31-22(24)25/h1-11,22H,12H2,(H,27,30). The van der Waals surface area contributed by atoms with Crippen LogP contribution in [0.4, 0.5) is 13.2 Å².